The molecule has 2 heterocycles. The molecular formula is C11H12O3S. The average Bonchev–Trinajstić information content (AvgIpc) is 2.85. The Morgan fingerprint density at radius 3 is 3.13 bits per heavy atom. The highest BCUT2D eigenvalue weighted by molar-refractivity contribution is 7.10. The average molecular weight is 224 g/mol. The summed E-state index contributed by atoms with van der Waals surface area (Å²) in [5.74, 6) is -0.398. The molecule has 1 aromatic rings. The molecule has 4 heteroatoms. The third-order valence-electron chi connectivity index (χ3n) is 3.22. The van der Waals surface area contributed by atoms with Gasteiger partial charge in [0.25, 0.3) is 0 Å². The lowest BCUT2D eigenvalue weighted by Crippen LogP contribution is -2.29. The second-order valence-electron chi connectivity index (χ2n) is 4.08. The number of ether oxygens (including phenoxy) is 2. The van der Waals surface area contributed by atoms with E-state index in [1.807, 2.05) is 5.38 Å². The fourth-order valence-electron chi connectivity index (χ4n) is 2.21. The first kappa shape index (κ1) is 9.36. The van der Waals surface area contributed by atoms with Crippen LogP contribution in [0.5, 0.6) is 0 Å². The predicted molar refractivity (Wildman–Crippen MR) is 55.9 cm³/mol. The minimum atomic E-state index is -0.212. The van der Waals surface area contributed by atoms with Crippen LogP contribution < -0.4 is 0 Å². The van der Waals surface area contributed by atoms with E-state index in [0.29, 0.717) is 6.61 Å². The Labute approximate surface area is 92.0 Å². The monoisotopic (exact) mass is 224 g/mol. The van der Waals surface area contributed by atoms with Gasteiger partial charge in [-0.2, -0.15) is 0 Å². The van der Waals surface area contributed by atoms with Crippen molar-refractivity contribution < 1.29 is 14.3 Å². The molecule has 1 unspecified atom stereocenters. The minimum absolute atomic E-state index is 0.0418. The van der Waals surface area contributed by atoms with Gasteiger partial charge in [-0.25, -0.2) is 0 Å². The molecule has 0 saturated heterocycles. The summed E-state index contributed by atoms with van der Waals surface area (Å²) in [7, 11) is 1.43. The van der Waals surface area contributed by atoms with Crippen LogP contribution in [-0.2, 0) is 19.9 Å². The first-order valence-electron chi connectivity index (χ1n) is 5.06. The maximum Gasteiger partial charge on any atom is 0.316 e. The molecule has 1 saturated carbocycles. The van der Waals surface area contributed by atoms with Gasteiger partial charge in [0.1, 0.15) is 5.92 Å². The van der Waals surface area contributed by atoms with Gasteiger partial charge in [-0.1, -0.05) is 0 Å². The zero-order valence-corrected chi connectivity index (χ0v) is 9.30. The molecule has 0 radical (unpaired) electrons. The van der Waals surface area contributed by atoms with Crippen molar-refractivity contribution in [3.63, 3.8) is 0 Å². The van der Waals surface area contributed by atoms with Crippen LogP contribution in [0.1, 0.15) is 29.2 Å². The maximum atomic E-state index is 11.6. The van der Waals surface area contributed by atoms with Crippen molar-refractivity contribution in [3.05, 3.63) is 21.9 Å². The summed E-state index contributed by atoms with van der Waals surface area (Å²) in [6.45, 7) is 0.472. The van der Waals surface area contributed by atoms with Gasteiger partial charge >= 0.3 is 5.97 Å². The van der Waals surface area contributed by atoms with Crippen LogP contribution in [0, 0.1) is 0 Å². The highest BCUT2D eigenvalue weighted by Crippen LogP contribution is 2.55. The lowest BCUT2D eigenvalue weighted by Gasteiger charge is -2.27. The number of methoxy groups -OCH3 is 1. The van der Waals surface area contributed by atoms with E-state index in [4.69, 9.17) is 9.47 Å². The first-order valence-corrected chi connectivity index (χ1v) is 5.94. The molecule has 2 aliphatic rings. The van der Waals surface area contributed by atoms with E-state index in [2.05, 4.69) is 6.07 Å². The van der Waals surface area contributed by atoms with Crippen LogP contribution in [-0.4, -0.2) is 19.7 Å². The molecule has 3 rings (SSSR count). The Morgan fingerprint density at radius 1 is 1.67 bits per heavy atom. The van der Waals surface area contributed by atoms with E-state index in [-0.39, 0.29) is 17.5 Å². The molecular weight excluding hydrogens is 212 g/mol. The largest absolute Gasteiger partial charge is 0.468 e. The van der Waals surface area contributed by atoms with Gasteiger partial charge in [0, 0.05) is 4.88 Å². The summed E-state index contributed by atoms with van der Waals surface area (Å²) in [6.07, 6.45) is 2.18. The third kappa shape index (κ3) is 1.25. The molecule has 3 nitrogen and oxygen atoms in total. The highest BCUT2D eigenvalue weighted by Gasteiger charge is 2.52. The van der Waals surface area contributed by atoms with Crippen LogP contribution in [0.4, 0.5) is 0 Å². The number of carbonyl (C=O) groups is 1. The van der Waals surface area contributed by atoms with E-state index in [9.17, 15) is 4.79 Å². The van der Waals surface area contributed by atoms with E-state index >= 15 is 0 Å². The quantitative estimate of drug-likeness (QED) is 0.685. The van der Waals surface area contributed by atoms with Gasteiger partial charge in [-0.15, -0.1) is 11.3 Å². The molecule has 80 valence electrons. The Bertz CT molecular complexity index is 406. The Kier molecular flexibility index (Phi) is 1.91. The van der Waals surface area contributed by atoms with Gasteiger partial charge in [0.15, 0.2) is 0 Å². The summed E-state index contributed by atoms with van der Waals surface area (Å²) >= 11 is 1.64. The summed E-state index contributed by atoms with van der Waals surface area (Å²) in [6, 6.07) is 2.09. The molecule has 1 aliphatic heterocycles. The zero-order chi connectivity index (χ0) is 10.5. The van der Waals surface area contributed by atoms with Crippen LogP contribution in [0.25, 0.3) is 0 Å². The van der Waals surface area contributed by atoms with Crippen LogP contribution in [0.15, 0.2) is 11.4 Å². The summed E-state index contributed by atoms with van der Waals surface area (Å²) < 4.78 is 10.6. The van der Waals surface area contributed by atoms with Crippen molar-refractivity contribution >= 4 is 17.3 Å². The SMILES string of the molecule is COC(=O)C1COC2(CC2)c2ccsc21. The van der Waals surface area contributed by atoms with Gasteiger partial charge < -0.3 is 9.47 Å². The van der Waals surface area contributed by atoms with E-state index in [1.54, 1.807) is 11.3 Å². The van der Waals surface area contributed by atoms with Crippen LogP contribution in [0.2, 0.25) is 0 Å². The number of hydrogen-bond donors (Lipinski definition) is 0. The van der Waals surface area contributed by atoms with Crippen molar-refractivity contribution in [2.45, 2.75) is 24.4 Å². The normalized spacial score (nSPS) is 26.1. The summed E-state index contributed by atoms with van der Waals surface area (Å²) in [4.78, 5) is 12.7. The van der Waals surface area contributed by atoms with Crippen molar-refractivity contribution in [3.8, 4) is 0 Å². The fourth-order valence-corrected chi connectivity index (χ4v) is 3.27. The molecule has 1 aromatic heterocycles. The van der Waals surface area contributed by atoms with Crippen molar-refractivity contribution in [1.29, 1.82) is 0 Å². The molecule has 0 bridgehead atoms. The predicted octanol–water partition coefficient (Wildman–Crippen LogP) is 2.02. The Balaban J connectivity index is 2.01. The molecule has 1 atom stereocenters. The Hall–Kier alpha value is -0.870. The molecule has 1 aliphatic carbocycles. The van der Waals surface area contributed by atoms with Gasteiger partial charge in [0.05, 0.1) is 19.3 Å². The van der Waals surface area contributed by atoms with Crippen LogP contribution in [0.3, 0.4) is 0 Å². The van der Waals surface area contributed by atoms with Crippen LogP contribution >= 0.6 is 11.3 Å². The zero-order valence-electron chi connectivity index (χ0n) is 8.49. The van der Waals surface area contributed by atoms with Gasteiger partial charge in [-0.3, -0.25) is 4.79 Å². The molecule has 0 N–H and O–H groups in total. The maximum absolute atomic E-state index is 11.6. The minimum Gasteiger partial charge on any atom is -0.468 e. The van der Waals surface area contributed by atoms with E-state index in [0.717, 1.165) is 17.7 Å². The topological polar surface area (TPSA) is 35.5 Å². The summed E-state index contributed by atoms with van der Waals surface area (Å²) in [5, 5.41) is 2.04. The highest BCUT2D eigenvalue weighted by atomic mass is 32.1. The number of thiophene rings is 1. The fraction of sp³-hybridized carbons (Fsp3) is 0.545. The molecule has 0 amide bonds. The smallest absolute Gasteiger partial charge is 0.316 e. The first-order chi connectivity index (χ1) is 7.27. The van der Waals surface area contributed by atoms with Gasteiger partial charge in [-0.05, 0) is 29.9 Å². The van der Waals surface area contributed by atoms with Crippen molar-refractivity contribution in [1.82, 2.24) is 0 Å². The molecule has 0 aromatic carbocycles. The molecule has 1 spiro atoms. The standard InChI is InChI=1S/C11H12O3S/c1-13-10(12)7-6-14-11(3-4-11)8-2-5-15-9(7)8/h2,5,7H,3-4,6H2,1H3. The number of rotatable bonds is 1. The summed E-state index contributed by atoms with van der Waals surface area (Å²) in [5.41, 5.74) is 1.17. The second kappa shape index (κ2) is 3.06. The molecule has 1 fully saturated rings. The van der Waals surface area contributed by atoms with E-state index in [1.165, 1.54) is 12.7 Å². The van der Waals surface area contributed by atoms with E-state index < -0.39 is 0 Å². The number of carbonyl (C=O) groups excluding carboxylic acids is 1. The lowest BCUT2D eigenvalue weighted by atomic mass is 9.97. The molecule has 15 heavy (non-hydrogen) atoms. The van der Waals surface area contributed by atoms with Gasteiger partial charge in [0.2, 0.25) is 0 Å². The number of fused-ring (bicyclic) bond motifs is 2. The third-order valence-corrected chi connectivity index (χ3v) is 4.25. The van der Waals surface area contributed by atoms with Crippen molar-refractivity contribution in [2.24, 2.45) is 0 Å². The number of esters is 1. The number of hydrogen-bond acceptors (Lipinski definition) is 4. The lowest BCUT2D eigenvalue weighted by molar-refractivity contribution is -0.145. The van der Waals surface area contributed by atoms with Crippen molar-refractivity contribution in [2.75, 3.05) is 13.7 Å². The second-order valence-corrected chi connectivity index (χ2v) is 5.03. The Morgan fingerprint density at radius 2 is 2.47 bits per heavy atom.